The summed E-state index contributed by atoms with van der Waals surface area (Å²) >= 11 is 0. The van der Waals surface area contributed by atoms with E-state index in [1.165, 1.54) is 4.68 Å². The summed E-state index contributed by atoms with van der Waals surface area (Å²) in [6, 6.07) is 7.31. The van der Waals surface area contributed by atoms with E-state index >= 15 is 0 Å². The number of fused-ring (bicyclic) bond motifs is 1. The van der Waals surface area contributed by atoms with E-state index in [4.69, 9.17) is 0 Å². The molecule has 0 aliphatic heterocycles. The number of carbonyl (C=O) groups is 2. The number of nitrogens with zero attached hydrogens (tertiary/aromatic N) is 2. The highest BCUT2D eigenvalue weighted by Gasteiger charge is 2.17. The van der Waals surface area contributed by atoms with Crippen molar-refractivity contribution in [2.24, 2.45) is 0 Å². The van der Waals surface area contributed by atoms with Gasteiger partial charge in [-0.2, -0.15) is 9.78 Å². The van der Waals surface area contributed by atoms with Gasteiger partial charge in [0.25, 0.3) is 0 Å². The van der Waals surface area contributed by atoms with Gasteiger partial charge in [0.05, 0.1) is 5.52 Å². The van der Waals surface area contributed by atoms with Gasteiger partial charge in [-0.05, 0) is 6.07 Å². The zero-order valence-electron chi connectivity index (χ0n) is 9.93. The minimum Gasteiger partial charge on any atom is -0.292 e. The lowest BCUT2D eigenvalue weighted by atomic mass is 10.1. The van der Waals surface area contributed by atoms with Gasteiger partial charge in [0.15, 0.2) is 5.78 Å². The molecule has 0 spiro atoms. The van der Waals surface area contributed by atoms with E-state index in [-0.39, 0.29) is 11.7 Å². The summed E-state index contributed by atoms with van der Waals surface area (Å²) in [4.78, 5) is 23.5. The molecule has 1 aromatic heterocycles. The van der Waals surface area contributed by atoms with Crippen molar-refractivity contribution < 1.29 is 9.59 Å². The van der Waals surface area contributed by atoms with Crippen LogP contribution in [0.5, 0.6) is 0 Å². The molecule has 0 bridgehead atoms. The quantitative estimate of drug-likeness (QED) is 0.762. The first-order valence-electron chi connectivity index (χ1n) is 5.73. The van der Waals surface area contributed by atoms with Crippen molar-refractivity contribution in [1.82, 2.24) is 9.78 Å². The Morgan fingerprint density at radius 2 is 1.88 bits per heavy atom. The van der Waals surface area contributed by atoms with Crippen molar-refractivity contribution in [3.05, 3.63) is 30.0 Å². The van der Waals surface area contributed by atoms with E-state index in [9.17, 15) is 9.59 Å². The van der Waals surface area contributed by atoms with Crippen molar-refractivity contribution in [2.75, 3.05) is 0 Å². The lowest BCUT2D eigenvalue weighted by molar-refractivity contribution is 0.0897. The Hall–Kier alpha value is -1.97. The molecular formula is C13H14N2O2. The summed E-state index contributed by atoms with van der Waals surface area (Å²) in [5.41, 5.74) is 1.10. The smallest absolute Gasteiger partial charge is 0.247 e. The largest absolute Gasteiger partial charge is 0.292 e. The van der Waals surface area contributed by atoms with E-state index in [0.29, 0.717) is 24.1 Å². The maximum absolute atomic E-state index is 11.8. The van der Waals surface area contributed by atoms with Crippen LogP contribution in [0.3, 0.4) is 0 Å². The molecule has 4 nitrogen and oxygen atoms in total. The Morgan fingerprint density at radius 3 is 2.53 bits per heavy atom. The highest BCUT2D eigenvalue weighted by atomic mass is 16.2. The molecule has 0 amide bonds. The maximum atomic E-state index is 11.8. The second kappa shape index (κ2) is 4.49. The Kier molecular flexibility index (Phi) is 3.04. The predicted molar refractivity (Wildman–Crippen MR) is 65.3 cm³/mol. The minimum absolute atomic E-state index is 0.0381. The number of ketones is 1. The maximum Gasteiger partial charge on any atom is 0.247 e. The molecule has 0 radical (unpaired) electrons. The Morgan fingerprint density at radius 1 is 1.18 bits per heavy atom. The summed E-state index contributed by atoms with van der Waals surface area (Å²) in [7, 11) is 0. The first-order valence-corrected chi connectivity index (χ1v) is 5.73. The zero-order valence-corrected chi connectivity index (χ0v) is 9.93. The van der Waals surface area contributed by atoms with Crippen LogP contribution in [0.4, 0.5) is 0 Å². The van der Waals surface area contributed by atoms with Gasteiger partial charge in [0, 0.05) is 18.2 Å². The van der Waals surface area contributed by atoms with Gasteiger partial charge in [-0.15, -0.1) is 0 Å². The second-order valence-electron chi connectivity index (χ2n) is 3.80. The first-order chi connectivity index (χ1) is 8.19. The highest BCUT2D eigenvalue weighted by molar-refractivity contribution is 6.07. The number of para-hydroxylation sites is 1. The number of hydrogen-bond donors (Lipinski definition) is 0. The van der Waals surface area contributed by atoms with Crippen molar-refractivity contribution in [3.63, 3.8) is 0 Å². The molecule has 1 aromatic carbocycles. The molecule has 88 valence electrons. The Labute approximate surface area is 99.2 Å². The van der Waals surface area contributed by atoms with Crippen LogP contribution < -0.4 is 0 Å². The molecule has 0 saturated heterocycles. The Balaban J connectivity index is 2.71. The van der Waals surface area contributed by atoms with E-state index in [1.54, 1.807) is 13.8 Å². The van der Waals surface area contributed by atoms with Gasteiger partial charge < -0.3 is 0 Å². The van der Waals surface area contributed by atoms with Gasteiger partial charge in [0.1, 0.15) is 5.69 Å². The normalized spacial score (nSPS) is 10.7. The monoisotopic (exact) mass is 230 g/mol. The van der Waals surface area contributed by atoms with E-state index < -0.39 is 0 Å². The molecule has 0 unspecified atom stereocenters. The molecule has 0 atom stereocenters. The molecule has 2 aromatic rings. The van der Waals surface area contributed by atoms with Crippen LogP contribution in [0, 0.1) is 0 Å². The van der Waals surface area contributed by atoms with Crippen molar-refractivity contribution in [1.29, 1.82) is 0 Å². The third kappa shape index (κ3) is 1.86. The Bertz CT molecular complexity index is 534. The lowest BCUT2D eigenvalue weighted by Gasteiger charge is -1.97. The summed E-state index contributed by atoms with van der Waals surface area (Å²) in [5, 5.41) is 4.90. The summed E-state index contributed by atoms with van der Waals surface area (Å²) in [6.45, 7) is 3.57. The van der Waals surface area contributed by atoms with Crippen LogP contribution in [0.15, 0.2) is 24.3 Å². The molecule has 0 aliphatic carbocycles. The third-order valence-corrected chi connectivity index (χ3v) is 2.71. The third-order valence-electron chi connectivity index (χ3n) is 2.71. The van der Waals surface area contributed by atoms with E-state index in [0.717, 1.165) is 5.39 Å². The lowest BCUT2D eigenvalue weighted by Crippen LogP contribution is -2.11. The molecule has 1 heterocycles. The van der Waals surface area contributed by atoms with Crippen LogP contribution in [0.25, 0.3) is 10.9 Å². The fourth-order valence-corrected chi connectivity index (χ4v) is 1.78. The van der Waals surface area contributed by atoms with Crippen molar-refractivity contribution in [3.8, 4) is 0 Å². The fraction of sp³-hybridized carbons (Fsp3) is 0.308. The summed E-state index contributed by atoms with van der Waals surface area (Å²) < 4.78 is 1.33. The first kappa shape index (κ1) is 11.5. The molecule has 0 saturated carbocycles. The number of benzene rings is 1. The second-order valence-corrected chi connectivity index (χ2v) is 3.80. The molecule has 0 fully saturated rings. The predicted octanol–water partition coefficient (Wildman–Crippen LogP) is 2.68. The minimum atomic E-state index is -0.101. The topological polar surface area (TPSA) is 52.0 Å². The molecule has 0 N–H and O–H groups in total. The van der Waals surface area contributed by atoms with Crippen molar-refractivity contribution >= 4 is 22.6 Å². The molecule has 17 heavy (non-hydrogen) atoms. The summed E-state index contributed by atoms with van der Waals surface area (Å²) in [5.74, 6) is -0.139. The molecular weight excluding hydrogens is 216 g/mol. The standard InChI is InChI=1S/C13H14N2O2/c1-3-11(16)13-9-7-5-6-8-10(9)15(14-13)12(17)4-2/h5-8H,3-4H2,1-2H3. The zero-order chi connectivity index (χ0) is 12.4. The number of hydrogen-bond acceptors (Lipinski definition) is 3. The van der Waals surface area contributed by atoms with Crippen LogP contribution in [0.1, 0.15) is 42.0 Å². The fourth-order valence-electron chi connectivity index (χ4n) is 1.78. The van der Waals surface area contributed by atoms with Crippen molar-refractivity contribution in [2.45, 2.75) is 26.7 Å². The molecule has 0 aliphatic rings. The van der Waals surface area contributed by atoms with E-state index in [2.05, 4.69) is 5.10 Å². The molecule has 2 rings (SSSR count). The summed E-state index contributed by atoms with van der Waals surface area (Å²) in [6.07, 6.45) is 0.757. The number of carbonyl (C=O) groups excluding carboxylic acids is 2. The number of rotatable bonds is 3. The van der Waals surface area contributed by atoms with Crippen LogP contribution in [-0.2, 0) is 0 Å². The average molecular weight is 230 g/mol. The van der Waals surface area contributed by atoms with Gasteiger partial charge in [0.2, 0.25) is 5.91 Å². The van der Waals surface area contributed by atoms with Gasteiger partial charge in [-0.3, -0.25) is 9.59 Å². The SMILES string of the molecule is CCC(=O)c1nn(C(=O)CC)c2ccccc12. The van der Waals surface area contributed by atoms with Gasteiger partial charge >= 0.3 is 0 Å². The molecule has 4 heteroatoms. The van der Waals surface area contributed by atoms with Gasteiger partial charge in [-0.25, -0.2) is 0 Å². The van der Waals surface area contributed by atoms with Gasteiger partial charge in [-0.1, -0.05) is 32.0 Å². The number of Topliss-reactive ketones (excluding diaryl/α,β-unsaturated/α-hetero) is 1. The average Bonchev–Trinajstić information content (AvgIpc) is 2.76. The van der Waals surface area contributed by atoms with E-state index in [1.807, 2.05) is 24.3 Å². The van der Waals surface area contributed by atoms with Crippen LogP contribution in [-0.4, -0.2) is 21.5 Å². The number of aromatic nitrogens is 2. The van der Waals surface area contributed by atoms with Crippen LogP contribution >= 0.6 is 0 Å². The van der Waals surface area contributed by atoms with Crippen LogP contribution in [0.2, 0.25) is 0 Å². The highest BCUT2D eigenvalue weighted by Crippen LogP contribution is 2.19.